The zero-order valence-corrected chi connectivity index (χ0v) is 17.0. The Labute approximate surface area is 163 Å². The van der Waals surface area contributed by atoms with Gasteiger partial charge in [-0.25, -0.2) is 4.98 Å². The molecule has 0 N–H and O–H groups in total. The topological polar surface area (TPSA) is 38.1 Å². The second kappa shape index (κ2) is 8.33. The minimum Gasteiger partial charge on any atom is -0.302 e. The second-order valence-electron chi connectivity index (χ2n) is 6.20. The second-order valence-corrected chi connectivity index (χ2v) is 7.50. The Morgan fingerprint density at radius 1 is 1.15 bits per heavy atom. The Morgan fingerprint density at radius 3 is 2.46 bits per heavy atom. The average molecular weight is 390 g/mol. The third kappa shape index (κ3) is 3.70. The summed E-state index contributed by atoms with van der Waals surface area (Å²) in [6, 6.07) is 7.62. The number of likely N-dealkylation sites (N-methyl/N-ethyl adjacent to an activating group) is 1. The zero-order chi connectivity index (χ0) is 18.7. The molecule has 2 heterocycles. The summed E-state index contributed by atoms with van der Waals surface area (Å²) < 4.78 is 1.85. The normalized spacial score (nSPS) is 11.6. The average Bonchev–Trinajstić information content (AvgIpc) is 3.08. The highest BCUT2D eigenvalue weighted by molar-refractivity contribution is 7.17. The molecule has 1 aromatic carbocycles. The fourth-order valence-corrected chi connectivity index (χ4v) is 4.27. The van der Waals surface area contributed by atoms with Crippen molar-refractivity contribution in [2.75, 3.05) is 19.6 Å². The van der Waals surface area contributed by atoms with E-state index in [1.807, 2.05) is 34.2 Å². The number of hydrogen-bond donors (Lipinski definition) is 0. The molecule has 0 fully saturated rings. The third-order valence-corrected chi connectivity index (χ3v) is 5.90. The molecule has 26 heavy (non-hydrogen) atoms. The number of fused-ring (bicyclic) bond motifs is 1. The summed E-state index contributed by atoms with van der Waals surface area (Å²) in [4.78, 5) is 21.2. The van der Waals surface area contributed by atoms with Gasteiger partial charge in [0.25, 0.3) is 5.56 Å². The Bertz CT molecular complexity index is 942. The van der Waals surface area contributed by atoms with Gasteiger partial charge in [-0.05, 0) is 30.8 Å². The van der Waals surface area contributed by atoms with E-state index in [2.05, 4.69) is 25.7 Å². The van der Waals surface area contributed by atoms with Crippen molar-refractivity contribution in [2.24, 2.45) is 0 Å². The van der Waals surface area contributed by atoms with E-state index in [-0.39, 0.29) is 5.56 Å². The van der Waals surface area contributed by atoms with Crippen molar-refractivity contribution in [3.8, 4) is 11.1 Å². The molecule has 0 radical (unpaired) electrons. The molecule has 0 bridgehead atoms. The first-order chi connectivity index (χ1) is 12.6. The quantitative estimate of drug-likeness (QED) is 0.588. The van der Waals surface area contributed by atoms with E-state index in [1.165, 1.54) is 11.3 Å². The lowest BCUT2D eigenvalue weighted by atomic mass is 10.1. The van der Waals surface area contributed by atoms with Crippen LogP contribution in [0, 0.1) is 0 Å². The van der Waals surface area contributed by atoms with Gasteiger partial charge < -0.3 is 4.90 Å². The van der Waals surface area contributed by atoms with Crippen LogP contribution in [-0.2, 0) is 13.0 Å². The molecule has 0 amide bonds. The van der Waals surface area contributed by atoms with Gasteiger partial charge in [-0.3, -0.25) is 9.36 Å². The smallest absolute Gasteiger partial charge is 0.262 e. The Balaban J connectivity index is 2.09. The van der Waals surface area contributed by atoms with Gasteiger partial charge in [0.05, 0.1) is 5.39 Å². The van der Waals surface area contributed by atoms with Gasteiger partial charge in [-0.2, -0.15) is 0 Å². The highest BCUT2D eigenvalue weighted by Gasteiger charge is 2.16. The standard InChI is InChI=1S/C20H24ClN3OS/c1-4-17-22-19-18(20(25)24(17)12-11-23(5-2)6-3)16(13-26-19)14-7-9-15(21)10-8-14/h7-10,13H,4-6,11-12H2,1-3H3. The van der Waals surface area contributed by atoms with Gasteiger partial charge in [-0.1, -0.05) is 44.5 Å². The summed E-state index contributed by atoms with van der Waals surface area (Å²) in [5.74, 6) is 0.860. The molecule has 0 unspecified atom stereocenters. The maximum atomic E-state index is 13.3. The van der Waals surface area contributed by atoms with Gasteiger partial charge in [0.15, 0.2) is 0 Å². The van der Waals surface area contributed by atoms with E-state index in [9.17, 15) is 4.79 Å². The SMILES string of the molecule is CCc1nc2scc(-c3ccc(Cl)cc3)c2c(=O)n1CCN(CC)CC. The minimum absolute atomic E-state index is 0.0604. The lowest BCUT2D eigenvalue weighted by Crippen LogP contribution is -2.33. The molecule has 4 nitrogen and oxygen atoms in total. The first kappa shape index (κ1) is 19.1. The van der Waals surface area contributed by atoms with E-state index < -0.39 is 0 Å². The number of rotatable bonds is 7. The molecule has 2 aromatic heterocycles. The predicted octanol–water partition coefficient (Wildman–Crippen LogP) is 4.68. The minimum atomic E-state index is 0.0604. The van der Waals surface area contributed by atoms with E-state index in [0.29, 0.717) is 17.0 Å². The van der Waals surface area contributed by atoms with Crippen LogP contribution in [0.5, 0.6) is 0 Å². The number of hydrogen-bond acceptors (Lipinski definition) is 4. The fourth-order valence-electron chi connectivity index (χ4n) is 3.19. The van der Waals surface area contributed by atoms with Crippen molar-refractivity contribution in [3.05, 3.63) is 50.8 Å². The number of thiophene rings is 1. The molecule has 0 atom stereocenters. The number of nitrogens with zero attached hydrogens (tertiary/aromatic N) is 3. The molecule has 6 heteroatoms. The first-order valence-corrected chi connectivity index (χ1v) is 10.3. The van der Waals surface area contributed by atoms with Crippen LogP contribution in [0.15, 0.2) is 34.4 Å². The van der Waals surface area contributed by atoms with Gasteiger partial charge in [-0.15, -0.1) is 11.3 Å². The molecule has 0 saturated carbocycles. The van der Waals surface area contributed by atoms with Gasteiger partial charge in [0, 0.05) is 35.5 Å². The van der Waals surface area contributed by atoms with Crippen LogP contribution < -0.4 is 5.56 Å². The lowest BCUT2D eigenvalue weighted by molar-refractivity contribution is 0.287. The molecule has 0 aliphatic carbocycles. The van der Waals surface area contributed by atoms with Gasteiger partial charge in [0.1, 0.15) is 10.7 Å². The van der Waals surface area contributed by atoms with Crippen LogP contribution >= 0.6 is 22.9 Å². The maximum absolute atomic E-state index is 13.3. The first-order valence-electron chi connectivity index (χ1n) is 9.08. The molecule has 0 aliphatic rings. The molecule has 3 aromatic rings. The van der Waals surface area contributed by atoms with Crippen LogP contribution in [0.1, 0.15) is 26.6 Å². The fraction of sp³-hybridized carbons (Fsp3) is 0.400. The molecule has 0 saturated heterocycles. The molecule has 0 spiro atoms. The number of benzene rings is 1. The lowest BCUT2D eigenvalue weighted by Gasteiger charge is -2.19. The van der Waals surface area contributed by atoms with Gasteiger partial charge >= 0.3 is 0 Å². The van der Waals surface area contributed by atoms with E-state index in [1.54, 1.807) is 0 Å². The van der Waals surface area contributed by atoms with Crippen molar-refractivity contribution < 1.29 is 0 Å². The van der Waals surface area contributed by atoms with E-state index in [0.717, 1.165) is 47.8 Å². The maximum Gasteiger partial charge on any atom is 0.262 e. The summed E-state index contributed by atoms with van der Waals surface area (Å²) in [7, 11) is 0. The van der Waals surface area contributed by atoms with Crippen LogP contribution in [0.4, 0.5) is 0 Å². The van der Waals surface area contributed by atoms with Crippen molar-refractivity contribution in [1.29, 1.82) is 0 Å². The van der Waals surface area contributed by atoms with E-state index in [4.69, 9.17) is 16.6 Å². The monoisotopic (exact) mass is 389 g/mol. The van der Waals surface area contributed by atoms with Crippen molar-refractivity contribution in [1.82, 2.24) is 14.5 Å². The third-order valence-electron chi connectivity index (χ3n) is 4.78. The zero-order valence-electron chi connectivity index (χ0n) is 15.5. The number of aryl methyl sites for hydroxylation is 1. The summed E-state index contributed by atoms with van der Waals surface area (Å²) in [5.41, 5.74) is 2.00. The highest BCUT2D eigenvalue weighted by atomic mass is 35.5. The van der Waals surface area contributed by atoms with Crippen LogP contribution in [-0.4, -0.2) is 34.1 Å². The molecular formula is C20H24ClN3OS. The van der Waals surface area contributed by atoms with Crippen molar-refractivity contribution >= 4 is 33.2 Å². The Kier molecular flexibility index (Phi) is 6.12. The van der Waals surface area contributed by atoms with Crippen LogP contribution in [0.3, 0.4) is 0 Å². The Hall–Kier alpha value is -1.69. The molecular weight excluding hydrogens is 366 g/mol. The molecule has 0 aliphatic heterocycles. The summed E-state index contributed by atoms with van der Waals surface area (Å²) in [6.07, 6.45) is 0.748. The largest absolute Gasteiger partial charge is 0.302 e. The molecule has 3 rings (SSSR count). The van der Waals surface area contributed by atoms with Crippen LogP contribution in [0.25, 0.3) is 21.3 Å². The summed E-state index contributed by atoms with van der Waals surface area (Å²) in [6.45, 7) is 9.83. The Morgan fingerprint density at radius 2 is 1.85 bits per heavy atom. The van der Waals surface area contributed by atoms with E-state index >= 15 is 0 Å². The highest BCUT2D eigenvalue weighted by Crippen LogP contribution is 2.31. The van der Waals surface area contributed by atoms with Crippen molar-refractivity contribution in [3.63, 3.8) is 0 Å². The summed E-state index contributed by atoms with van der Waals surface area (Å²) in [5, 5.41) is 3.43. The van der Waals surface area contributed by atoms with Crippen LogP contribution in [0.2, 0.25) is 5.02 Å². The van der Waals surface area contributed by atoms with Crippen molar-refractivity contribution in [2.45, 2.75) is 33.7 Å². The number of halogens is 1. The molecule has 138 valence electrons. The number of aromatic nitrogens is 2. The summed E-state index contributed by atoms with van der Waals surface area (Å²) >= 11 is 7.54. The predicted molar refractivity (Wildman–Crippen MR) is 111 cm³/mol. The van der Waals surface area contributed by atoms with Gasteiger partial charge in [0.2, 0.25) is 0 Å².